The van der Waals surface area contributed by atoms with E-state index < -0.39 is 18.0 Å². The summed E-state index contributed by atoms with van der Waals surface area (Å²) in [5, 5.41) is 16.0. The predicted molar refractivity (Wildman–Crippen MR) is 72.0 cm³/mol. The number of carboxylic acid groups (broad SMARTS) is 1. The average molecular weight is 279 g/mol. The van der Waals surface area contributed by atoms with Crippen molar-refractivity contribution in [2.24, 2.45) is 0 Å². The van der Waals surface area contributed by atoms with Gasteiger partial charge in [0, 0.05) is 20.3 Å². The minimum absolute atomic E-state index is 0.189. The fourth-order valence-corrected chi connectivity index (χ4v) is 1.67. The van der Waals surface area contributed by atoms with Crippen LogP contribution in [0.4, 0.5) is 4.79 Å². The molecule has 0 aliphatic heterocycles. The lowest BCUT2D eigenvalue weighted by Crippen LogP contribution is -2.52. The summed E-state index contributed by atoms with van der Waals surface area (Å²) in [6.07, 6.45) is 0.854. The Labute approximate surface area is 118 Å². The first-order valence-electron chi connectivity index (χ1n) is 6.41. The Bertz CT molecular complexity index is 422. The largest absolute Gasteiger partial charge is 0.548 e. The Morgan fingerprint density at radius 3 is 2.60 bits per heavy atom. The molecule has 2 N–H and O–H groups in total. The second-order valence-corrected chi connectivity index (χ2v) is 4.31. The topological polar surface area (TPSA) is 90.5 Å². The minimum atomic E-state index is -1.30. The fraction of sp³-hybridized carbons (Fsp3) is 0.429. The molecular weight excluding hydrogens is 260 g/mol. The number of ether oxygens (including phenoxy) is 1. The van der Waals surface area contributed by atoms with Crippen LogP contribution in [0.1, 0.15) is 12.0 Å². The van der Waals surface area contributed by atoms with E-state index in [0.717, 1.165) is 5.56 Å². The van der Waals surface area contributed by atoms with Gasteiger partial charge in [-0.3, -0.25) is 0 Å². The van der Waals surface area contributed by atoms with Gasteiger partial charge in [0.15, 0.2) is 0 Å². The average Bonchev–Trinajstić information content (AvgIpc) is 2.44. The minimum Gasteiger partial charge on any atom is -0.548 e. The van der Waals surface area contributed by atoms with E-state index in [-0.39, 0.29) is 6.42 Å². The van der Waals surface area contributed by atoms with Crippen molar-refractivity contribution in [2.45, 2.75) is 18.9 Å². The summed E-state index contributed by atoms with van der Waals surface area (Å²) in [4.78, 5) is 22.6. The molecule has 0 aliphatic carbocycles. The molecule has 20 heavy (non-hydrogen) atoms. The summed E-state index contributed by atoms with van der Waals surface area (Å²) in [6, 6.07) is 7.49. The summed E-state index contributed by atoms with van der Waals surface area (Å²) < 4.78 is 4.85. The van der Waals surface area contributed by atoms with Crippen molar-refractivity contribution < 1.29 is 19.4 Å². The number of benzene rings is 1. The third-order valence-corrected chi connectivity index (χ3v) is 2.68. The van der Waals surface area contributed by atoms with Crippen molar-refractivity contribution in [2.75, 3.05) is 20.3 Å². The zero-order valence-corrected chi connectivity index (χ0v) is 11.4. The maximum Gasteiger partial charge on any atom is 0.315 e. The fourth-order valence-electron chi connectivity index (χ4n) is 1.67. The Balaban J connectivity index is 2.43. The molecule has 2 amide bonds. The smallest absolute Gasteiger partial charge is 0.315 e. The number of hydrogen-bond acceptors (Lipinski definition) is 4. The van der Waals surface area contributed by atoms with E-state index in [1.807, 2.05) is 18.2 Å². The highest BCUT2D eigenvalue weighted by Gasteiger charge is 2.13. The van der Waals surface area contributed by atoms with Gasteiger partial charge in [-0.05, 0) is 18.4 Å². The highest BCUT2D eigenvalue weighted by Crippen LogP contribution is 2.02. The highest BCUT2D eigenvalue weighted by atomic mass is 16.5. The zero-order chi connectivity index (χ0) is 14.8. The molecule has 1 aromatic rings. The third kappa shape index (κ3) is 6.19. The van der Waals surface area contributed by atoms with E-state index >= 15 is 0 Å². The molecule has 0 aromatic heterocycles. The van der Waals surface area contributed by atoms with Gasteiger partial charge in [0.2, 0.25) is 0 Å². The van der Waals surface area contributed by atoms with E-state index in [1.165, 1.54) is 0 Å². The normalized spacial score (nSPS) is 11.7. The van der Waals surface area contributed by atoms with Crippen LogP contribution >= 0.6 is 0 Å². The van der Waals surface area contributed by atoms with Gasteiger partial charge in [-0.1, -0.05) is 30.3 Å². The first kappa shape index (κ1) is 16.0. The molecule has 0 heterocycles. The van der Waals surface area contributed by atoms with Crippen molar-refractivity contribution in [1.82, 2.24) is 10.6 Å². The monoisotopic (exact) mass is 279 g/mol. The molecule has 6 nitrogen and oxygen atoms in total. The molecule has 0 fully saturated rings. The Morgan fingerprint density at radius 1 is 1.30 bits per heavy atom. The molecule has 1 rings (SSSR count). The van der Waals surface area contributed by atoms with Crippen molar-refractivity contribution in [3.63, 3.8) is 0 Å². The number of nitrogens with one attached hydrogen (secondary N) is 2. The first-order chi connectivity index (χ1) is 9.63. The maximum atomic E-state index is 11.6. The van der Waals surface area contributed by atoms with E-state index in [2.05, 4.69) is 10.6 Å². The molecule has 0 unspecified atom stereocenters. The Morgan fingerprint density at radius 2 is 2.00 bits per heavy atom. The number of amides is 2. The molecule has 1 atom stereocenters. The zero-order valence-electron chi connectivity index (χ0n) is 11.4. The summed E-state index contributed by atoms with van der Waals surface area (Å²) in [6.45, 7) is 0.957. The molecule has 0 spiro atoms. The number of carboxylic acids is 1. The number of methoxy groups -OCH3 is 1. The second-order valence-electron chi connectivity index (χ2n) is 4.31. The molecule has 110 valence electrons. The number of aliphatic carboxylic acids is 1. The van der Waals surface area contributed by atoms with E-state index in [9.17, 15) is 14.7 Å². The van der Waals surface area contributed by atoms with Crippen LogP contribution in [0.5, 0.6) is 0 Å². The van der Waals surface area contributed by atoms with Crippen LogP contribution in [0.15, 0.2) is 30.3 Å². The van der Waals surface area contributed by atoms with Gasteiger partial charge in [0.1, 0.15) is 0 Å². The molecular formula is C14H19N2O4-. The second kappa shape index (κ2) is 8.92. The lowest BCUT2D eigenvalue weighted by Gasteiger charge is -2.20. The van der Waals surface area contributed by atoms with Gasteiger partial charge in [0.05, 0.1) is 12.0 Å². The van der Waals surface area contributed by atoms with Gasteiger partial charge in [-0.15, -0.1) is 0 Å². The SMILES string of the molecule is COCCCNC(=O)N[C@@H](Cc1ccccc1)C(=O)[O-]. The van der Waals surface area contributed by atoms with Gasteiger partial charge < -0.3 is 25.3 Å². The van der Waals surface area contributed by atoms with Crippen molar-refractivity contribution in [1.29, 1.82) is 0 Å². The summed E-state index contributed by atoms with van der Waals surface area (Å²) in [5.74, 6) is -1.30. The Kier molecular flexibility index (Phi) is 7.13. The molecule has 1 aromatic carbocycles. The van der Waals surface area contributed by atoms with E-state index in [4.69, 9.17) is 4.74 Å². The number of carbonyl (C=O) groups excluding carboxylic acids is 2. The van der Waals surface area contributed by atoms with Crippen molar-refractivity contribution in [3.8, 4) is 0 Å². The van der Waals surface area contributed by atoms with Crippen molar-refractivity contribution >= 4 is 12.0 Å². The van der Waals surface area contributed by atoms with Gasteiger partial charge in [0.25, 0.3) is 0 Å². The maximum absolute atomic E-state index is 11.6. The van der Waals surface area contributed by atoms with Crippen LogP contribution in [0, 0.1) is 0 Å². The summed E-state index contributed by atoms with van der Waals surface area (Å²) in [5.41, 5.74) is 0.821. The number of rotatable bonds is 8. The summed E-state index contributed by atoms with van der Waals surface area (Å²) in [7, 11) is 1.58. The van der Waals surface area contributed by atoms with E-state index in [1.54, 1.807) is 19.2 Å². The van der Waals surface area contributed by atoms with Gasteiger partial charge >= 0.3 is 6.03 Å². The number of urea groups is 1. The van der Waals surface area contributed by atoms with Crippen LogP contribution in [-0.4, -0.2) is 38.3 Å². The van der Waals surface area contributed by atoms with Crippen LogP contribution in [-0.2, 0) is 16.0 Å². The summed E-state index contributed by atoms with van der Waals surface area (Å²) >= 11 is 0. The molecule has 0 saturated carbocycles. The molecule has 6 heteroatoms. The molecule has 0 aliphatic rings. The lowest BCUT2D eigenvalue weighted by atomic mass is 10.1. The standard InChI is InChI=1S/C14H20N2O4/c1-20-9-5-8-15-14(19)16-12(13(17)18)10-11-6-3-2-4-7-11/h2-4,6-7,12H,5,8-10H2,1H3,(H,17,18)(H2,15,16,19)/p-1/t12-/m0/s1. The van der Waals surface area contributed by atoms with Crippen molar-refractivity contribution in [3.05, 3.63) is 35.9 Å². The number of carbonyl (C=O) groups is 2. The Hall–Kier alpha value is -2.08. The van der Waals surface area contributed by atoms with Gasteiger partial charge in [-0.2, -0.15) is 0 Å². The quantitative estimate of drug-likeness (QED) is 0.638. The van der Waals surface area contributed by atoms with Crippen LogP contribution < -0.4 is 15.7 Å². The number of hydrogen-bond donors (Lipinski definition) is 2. The van der Waals surface area contributed by atoms with Crippen LogP contribution in [0.2, 0.25) is 0 Å². The van der Waals surface area contributed by atoms with Crippen LogP contribution in [0.3, 0.4) is 0 Å². The third-order valence-electron chi connectivity index (χ3n) is 2.68. The lowest BCUT2D eigenvalue weighted by molar-refractivity contribution is -0.308. The van der Waals surface area contributed by atoms with E-state index in [0.29, 0.717) is 19.6 Å². The van der Waals surface area contributed by atoms with Crippen LogP contribution in [0.25, 0.3) is 0 Å². The predicted octanol–water partition coefficient (Wildman–Crippen LogP) is -0.317. The molecule has 0 radical (unpaired) electrons. The molecule has 0 saturated heterocycles. The highest BCUT2D eigenvalue weighted by molar-refractivity contribution is 5.81. The molecule has 0 bridgehead atoms. The van der Waals surface area contributed by atoms with Gasteiger partial charge in [-0.25, -0.2) is 4.79 Å². The first-order valence-corrected chi connectivity index (χ1v) is 6.41.